The summed E-state index contributed by atoms with van der Waals surface area (Å²) in [5, 5.41) is 0. The van der Waals surface area contributed by atoms with Crippen LogP contribution in [-0.2, 0) is 11.3 Å². The molecular weight excluding hydrogens is 170 g/mol. The zero-order valence-corrected chi connectivity index (χ0v) is 7.33. The molecule has 3 nitrogen and oxygen atoms in total. The molecule has 0 aromatic rings. The number of hydrogen-bond donors (Lipinski definition) is 1. The van der Waals surface area contributed by atoms with Gasteiger partial charge in [-0.05, 0) is 6.26 Å². The highest BCUT2D eigenvalue weighted by Gasteiger charge is 1.76. The van der Waals surface area contributed by atoms with Gasteiger partial charge in [0.05, 0.1) is 0 Å². The van der Waals surface area contributed by atoms with Crippen LogP contribution in [0.4, 0.5) is 0 Å². The van der Waals surface area contributed by atoms with Crippen molar-refractivity contribution in [2.75, 3.05) is 18.6 Å². The lowest BCUT2D eigenvalue weighted by Gasteiger charge is -2.02. The number of hydrogen-bond acceptors (Lipinski definition) is 3. The third-order valence-corrected chi connectivity index (χ3v) is 1.68. The molecule has 0 aromatic heterocycles. The van der Waals surface area contributed by atoms with E-state index in [-0.39, 0.29) is 0 Å². The Bertz CT molecular complexity index is 127. The summed E-state index contributed by atoms with van der Waals surface area (Å²) in [5.41, 5.74) is 0. The lowest BCUT2D eigenvalue weighted by molar-refractivity contribution is 0.526. The second-order valence-corrected chi connectivity index (χ2v) is 3.18. The van der Waals surface area contributed by atoms with Gasteiger partial charge < -0.3 is 4.55 Å². The van der Waals surface area contributed by atoms with E-state index in [1.54, 1.807) is 17.8 Å². The maximum absolute atomic E-state index is 9.88. The highest BCUT2D eigenvalue weighted by atomic mass is 32.2. The van der Waals surface area contributed by atoms with E-state index >= 15 is 0 Å². The first-order valence-corrected chi connectivity index (χ1v) is 5.21. The molecule has 0 heterocycles. The molecule has 0 saturated heterocycles. The van der Waals surface area contributed by atoms with Crippen LogP contribution in [0.25, 0.3) is 0 Å². The van der Waals surface area contributed by atoms with Gasteiger partial charge in [0.15, 0.2) is 0 Å². The summed E-state index contributed by atoms with van der Waals surface area (Å²) in [4.78, 5) is 0. The molecule has 1 N–H and O–H groups in total. The lowest BCUT2D eigenvalue weighted by atomic mass is 10.5. The Morgan fingerprint density at radius 1 is 1.70 bits per heavy atom. The molecule has 1 atom stereocenters. The minimum Gasteiger partial charge on any atom is -0.760 e. The van der Waals surface area contributed by atoms with Gasteiger partial charge in [0, 0.05) is 23.6 Å². The van der Waals surface area contributed by atoms with Crippen molar-refractivity contribution in [2.24, 2.45) is 0 Å². The summed E-state index contributed by atoms with van der Waals surface area (Å²) in [5.74, 6) is 0.924. The molecule has 60 valence electrons. The van der Waals surface area contributed by atoms with Crippen molar-refractivity contribution in [2.45, 2.75) is 0 Å². The zero-order valence-electron chi connectivity index (χ0n) is 5.70. The van der Waals surface area contributed by atoms with E-state index in [4.69, 9.17) is 0 Å². The van der Waals surface area contributed by atoms with Gasteiger partial charge >= 0.3 is 0 Å². The van der Waals surface area contributed by atoms with Gasteiger partial charge in [-0.3, -0.25) is 4.21 Å². The van der Waals surface area contributed by atoms with Crippen molar-refractivity contribution in [3.8, 4) is 0 Å². The van der Waals surface area contributed by atoms with Gasteiger partial charge in [0.2, 0.25) is 0 Å². The molecule has 1 unspecified atom stereocenters. The second-order valence-electron chi connectivity index (χ2n) is 1.51. The SMILES string of the molecule is CSCC=CCNS(=O)[O-]. The fraction of sp³-hybridized carbons (Fsp3) is 0.600. The van der Waals surface area contributed by atoms with Crippen LogP contribution in [-0.4, -0.2) is 27.3 Å². The summed E-state index contributed by atoms with van der Waals surface area (Å²) in [6, 6.07) is 0. The Morgan fingerprint density at radius 3 is 2.90 bits per heavy atom. The van der Waals surface area contributed by atoms with Crippen LogP contribution in [0, 0.1) is 0 Å². The summed E-state index contributed by atoms with van der Waals surface area (Å²) in [7, 11) is 0. The quantitative estimate of drug-likeness (QED) is 0.488. The minimum atomic E-state index is -2.13. The molecule has 0 amide bonds. The predicted octanol–water partition coefficient (Wildman–Crippen LogP) is 0.289. The molecule has 0 aliphatic rings. The van der Waals surface area contributed by atoms with Crippen LogP contribution in [0.5, 0.6) is 0 Å². The van der Waals surface area contributed by atoms with Crippen LogP contribution in [0.2, 0.25) is 0 Å². The van der Waals surface area contributed by atoms with Crippen LogP contribution < -0.4 is 4.72 Å². The Labute approximate surface area is 67.7 Å². The molecule has 0 radical (unpaired) electrons. The number of nitrogens with one attached hydrogen (secondary N) is 1. The van der Waals surface area contributed by atoms with Crippen molar-refractivity contribution in [1.82, 2.24) is 4.72 Å². The highest BCUT2D eigenvalue weighted by Crippen LogP contribution is 1.89. The van der Waals surface area contributed by atoms with Crippen LogP contribution in [0.1, 0.15) is 0 Å². The molecule has 0 saturated carbocycles. The van der Waals surface area contributed by atoms with Crippen molar-refractivity contribution in [3.63, 3.8) is 0 Å². The highest BCUT2D eigenvalue weighted by molar-refractivity contribution is 7.98. The van der Waals surface area contributed by atoms with Gasteiger partial charge in [-0.25, -0.2) is 4.72 Å². The Kier molecular flexibility index (Phi) is 7.39. The molecular formula is C5H10NO2S2-. The number of rotatable bonds is 5. The van der Waals surface area contributed by atoms with E-state index in [0.717, 1.165) is 5.75 Å². The Morgan fingerprint density at radius 2 is 2.40 bits per heavy atom. The first-order chi connectivity index (χ1) is 4.77. The zero-order chi connectivity index (χ0) is 7.82. The van der Waals surface area contributed by atoms with Gasteiger partial charge in [-0.2, -0.15) is 11.8 Å². The van der Waals surface area contributed by atoms with Gasteiger partial charge in [0.25, 0.3) is 0 Å². The average molecular weight is 180 g/mol. The van der Waals surface area contributed by atoms with Crippen LogP contribution in [0.15, 0.2) is 12.2 Å². The Hall–Kier alpha value is 0.160. The summed E-state index contributed by atoms with van der Waals surface area (Å²) in [6.45, 7) is 0.386. The molecule has 0 fully saturated rings. The van der Waals surface area contributed by atoms with Crippen molar-refractivity contribution >= 4 is 23.0 Å². The normalized spacial score (nSPS) is 14.2. The monoisotopic (exact) mass is 180 g/mol. The van der Waals surface area contributed by atoms with Crippen molar-refractivity contribution < 1.29 is 8.76 Å². The molecule has 10 heavy (non-hydrogen) atoms. The fourth-order valence-electron chi connectivity index (χ4n) is 0.364. The Balaban J connectivity index is 3.10. The standard InChI is InChI=1S/C5H11NO2S2/c1-9-5-3-2-4-6-10(7)8/h2-3,6H,4-5H2,1H3,(H,7,8)/p-1. The van der Waals surface area contributed by atoms with E-state index < -0.39 is 11.3 Å². The number of thioether (sulfide) groups is 1. The minimum absolute atomic E-state index is 0.386. The molecule has 0 aliphatic carbocycles. The molecule has 0 rings (SSSR count). The van der Waals surface area contributed by atoms with Crippen molar-refractivity contribution in [3.05, 3.63) is 12.2 Å². The summed E-state index contributed by atoms with van der Waals surface area (Å²) < 4.78 is 22.0. The first-order valence-electron chi connectivity index (χ1n) is 2.74. The first kappa shape index (κ1) is 10.2. The fourth-order valence-corrected chi connectivity index (χ4v) is 0.925. The lowest BCUT2D eigenvalue weighted by Crippen LogP contribution is -2.15. The smallest absolute Gasteiger partial charge is 0.0252 e. The molecule has 0 bridgehead atoms. The van der Waals surface area contributed by atoms with Gasteiger partial charge in [0.1, 0.15) is 0 Å². The van der Waals surface area contributed by atoms with E-state index in [9.17, 15) is 8.76 Å². The van der Waals surface area contributed by atoms with Crippen LogP contribution in [0.3, 0.4) is 0 Å². The molecule has 0 aromatic carbocycles. The van der Waals surface area contributed by atoms with Crippen LogP contribution >= 0.6 is 11.8 Å². The summed E-state index contributed by atoms with van der Waals surface area (Å²) >= 11 is -0.437. The molecule has 0 spiro atoms. The topological polar surface area (TPSA) is 52.2 Å². The predicted molar refractivity (Wildman–Crippen MR) is 44.4 cm³/mol. The second kappa shape index (κ2) is 7.27. The molecule has 0 aliphatic heterocycles. The third-order valence-electron chi connectivity index (χ3n) is 0.749. The van der Waals surface area contributed by atoms with Gasteiger partial charge in [-0.1, -0.05) is 12.2 Å². The summed E-state index contributed by atoms with van der Waals surface area (Å²) in [6.07, 6.45) is 5.69. The van der Waals surface area contributed by atoms with E-state index in [2.05, 4.69) is 4.72 Å². The van der Waals surface area contributed by atoms with E-state index in [1.165, 1.54) is 0 Å². The van der Waals surface area contributed by atoms with E-state index in [1.807, 2.05) is 12.3 Å². The third kappa shape index (κ3) is 8.16. The maximum Gasteiger partial charge on any atom is 0.0252 e. The average Bonchev–Trinajstić information content (AvgIpc) is 1.87. The largest absolute Gasteiger partial charge is 0.760 e. The van der Waals surface area contributed by atoms with E-state index in [0.29, 0.717) is 6.54 Å². The molecule has 5 heteroatoms. The van der Waals surface area contributed by atoms with Crippen molar-refractivity contribution in [1.29, 1.82) is 0 Å². The maximum atomic E-state index is 9.88. The van der Waals surface area contributed by atoms with Gasteiger partial charge in [-0.15, -0.1) is 0 Å².